The van der Waals surface area contributed by atoms with Crippen LogP contribution in [-0.2, 0) is 7.05 Å². The molecule has 0 radical (unpaired) electrons. The Bertz CT molecular complexity index is 519. The summed E-state index contributed by atoms with van der Waals surface area (Å²) in [5.41, 5.74) is 7.95. The SMILES string of the molecule is Cc1nn(C)cc1Nc1cccc(F)c1N. The first-order valence-corrected chi connectivity index (χ1v) is 4.89. The molecule has 0 amide bonds. The number of nitrogens with two attached hydrogens (primary N) is 1. The Hall–Kier alpha value is -2.04. The van der Waals surface area contributed by atoms with Crippen LogP contribution in [0, 0.1) is 12.7 Å². The van der Waals surface area contributed by atoms with Crippen LogP contribution < -0.4 is 11.1 Å². The number of halogens is 1. The normalized spacial score (nSPS) is 10.4. The highest BCUT2D eigenvalue weighted by molar-refractivity contribution is 5.73. The van der Waals surface area contributed by atoms with Gasteiger partial charge in [-0.1, -0.05) is 6.07 Å². The van der Waals surface area contributed by atoms with E-state index in [-0.39, 0.29) is 5.69 Å². The molecule has 1 heterocycles. The van der Waals surface area contributed by atoms with Gasteiger partial charge in [0.25, 0.3) is 0 Å². The zero-order valence-electron chi connectivity index (χ0n) is 9.16. The molecule has 16 heavy (non-hydrogen) atoms. The largest absolute Gasteiger partial charge is 0.395 e. The molecular weight excluding hydrogens is 207 g/mol. The van der Waals surface area contributed by atoms with Gasteiger partial charge in [0.1, 0.15) is 5.82 Å². The molecule has 0 aliphatic rings. The predicted molar refractivity (Wildman–Crippen MR) is 62.0 cm³/mol. The lowest BCUT2D eigenvalue weighted by Crippen LogP contribution is -1.98. The molecule has 0 bridgehead atoms. The fraction of sp³-hybridized carbons (Fsp3) is 0.182. The minimum Gasteiger partial charge on any atom is -0.395 e. The number of aromatic nitrogens is 2. The molecule has 0 unspecified atom stereocenters. The van der Waals surface area contributed by atoms with Gasteiger partial charge < -0.3 is 11.1 Å². The van der Waals surface area contributed by atoms with Crippen LogP contribution in [0.5, 0.6) is 0 Å². The number of rotatable bonds is 2. The lowest BCUT2D eigenvalue weighted by molar-refractivity contribution is 0.633. The molecule has 0 saturated heterocycles. The molecule has 0 aliphatic heterocycles. The van der Waals surface area contributed by atoms with Gasteiger partial charge in [0.15, 0.2) is 0 Å². The number of hydrogen-bond acceptors (Lipinski definition) is 3. The van der Waals surface area contributed by atoms with Crippen LogP contribution in [0.4, 0.5) is 21.5 Å². The van der Waals surface area contributed by atoms with E-state index < -0.39 is 5.82 Å². The minimum absolute atomic E-state index is 0.116. The highest BCUT2D eigenvalue weighted by Crippen LogP contribution is 2.26. The van der Waals surface area contributed by atoms with Crippen molar-refractivity contribution < 1.29 is 4.39 Å². The summed E-state index contributed by atoms with van der Waals surface area (Å²) in [6.07, 6.45) is 1.82. The fourth-order valence-electron chi connectivity index (χ4n) is 1.51. The summed E-state index contributed by atoms with van der Waals surface area (Å²) in [6, 6.07) is 4.67. The summed E-state index contributed by atoms with van der Waals surface area (Å²) in [7, 11) is 1.83. The standard InChI is InChI=1S/C11H13FN4/c1-7-10(6-16(2)15-7)14-9-5-3-4-8(12)11(9)13/h3-6,14H,13H2,1-2H3. The van der Waals surface area contributed by atoms with Gasteiger partial charge >= 0.3 is 0 Å². The van der Waals surface area contributed by atoms with Gasteiger partial charge in [-0.05, 0) is 19.1 Å². The van der Waals surface area contributed by atoms with E-state index in [1.165, 1.54) is 6.07 Å². The van der Waals surface area contributed by atoms with Crippen LogP contribution in [0.3, 0.4) is 0 Å². The number of aryl methyl sites for hydroxylation is 2. The number of nitrogens with one attached hydrogen (secondary N) is 1. The summed E-state index contributed by atoms with van der Waals surface area (Å²) in [5, 5.41) is 7.23. The summed E-state index contributed by atoms with van der Waals surface area (Å²) in [5.74, 6) is -0.424. The Labute approximate surface area is 92.9 Å². The molecule has 1 aromatic heterocycles. The lowest BCUT2D eigenvalue weighted by Gasteiger charge is -2.08. The van der Waals surface area contributed by atoms with Crippen LogP contribution in [0.1, 0.15) is 5.69 Å². The topological polar surface area (TPSA) is 55.9 Å². The van der Waals surface area contributed by atoms with Crippen LogP contribution in [-0.4, -0.2) is 9.78 Å². The van der Waals surface area contributed by atoms with Crippen molar-refractivity contribution in [1.29, 1.82) is 0 Å². The Kier molecular flexibility index (Phi) is 2.52. The van der Waals surface area contributed by atoms with Crippen LogP contribution in [0.2, 0.25) is 0 Å². The molecule has 1 aromatic carbocycles. The third-order valence-corrected chi connectivity index (χ3v) is 2.34. The lowest BCUT2D eigenvalue weighted by atomic mass is 10.2. The summed E-state index contributed by atoms with van der Waals surface area (Å²) >= 11 is 0. The van der Waals surface area contributed by atoms with E-state index >= 15 is 0 Å². The van der Waals surface area contributed by atoms with Crippen molar-refractivity contribution in [3.05, 3.63) is 35.9 Å². The molecule has 0 fully saturated rings. The van der Waals surface area contributed by atoms with Crippen molar-refractivity contribution in [2.75, 3.05) is 11.1 Å². The second-order valence-electron chi connectivity index (χ2n) is 3.63. The second kappa shape index (κ2) is 3.84. The highest BCUT2D eigenvalue weighted by Gasteiger charge is 2.07. The van der Waals surface area contributed by atoms with Gasteiger partial charge in [-0.25, -0.2) is 4.39 Å². The first-order chi connectivity index (χ1) is 7.58. The van der Waals surface area contributed by atoms with Crippen molar-refractivity contribution in [2.24, 2.45) is 7.05 Å². The van der Waals surface area contributed by atoms with Gasteiger partial charge in [-0.3, -0.25) is 4.68 Å². The average Bonchev–Trinajstić information content (AvgIpc) is 2.53. The predicted octanol–water partition coefficient (Wildman–Crippen LogP) is 2.19. The summed E-state index contributed by atoms with van der Waals surface area (Å²) in [6.45, 7) is 1.87. The molecule has 3 N–H and O–H groups in total. The maximum Gasteiger partial charge on any atom is 0.148 e. The first-order valence-electron chi connectivity index (χ1n) is 4.89. The van der Waals surface area contributed by atoms with E-state index in [0.717, 1.165) is 11.4 Å². The van der Waals surface area contributed by atoms with Crippen molar-refractivity contribution in [2.45, 2.75) is 6.92 Å². The van der Waals surface area contributed by atoms with E-state index in [4.69, 9.17) is 5.73 Å². The number of nitrogen functional groups attached to an aromatic ring is 1. The monoisotopic (exact) mass is 220 g/mol. The number of benzene rings is 1. The molecule has 0 spiro atoms. The van der Waals surface area contributed by atoms with E-state index in [1.807, 2.05) is 20.2 Å². The van der Waals surface area contributed by atoms with Crippen molar-refractivity contribution in [3.8, 4) is 0 Å². The quantitative estimate of drug-likeness (QED) is 0.763. The van der Waals surface area contributed by atoms with Gasteiger partial charge in [-0.2, -0.15) is 5.10 Å². The van der Waals surface area contributed by atoms with Crippen molar-refractivity contribution in [1.82, 2.24) is 9.78 Å². The van der Waals surface area contributed by atoms with Gasteiger partial charge in [0.05, 0.1) is 22.8 Å². The smallest absolute Gasteiger partial charge is 0.148 e. The third kappa shape index (κ3) is 1.84. The highest BCUT2D eigenvalue weighted by atomic mass is 19.1. The number of nitrogens with zero attached hydrogens (tertiary/aromatic N) is 2. The van der Waals surface area contributed by atoms with Gasteiger partial charge in [0, 0.05) is 13.2 Å². The van der Waals surface area contributed by atoms with E-state index in [1.54, 1.807) is 16.8 Å². The molecule has 5 heteroatoms. The zero-order valence-corrected chi connectivity index (χ0v) is 9.16. The van der Waals surface area contributed by atoms with Crippen molar-refractivity contribution in [3.63, 3.8) is 0 Å². The summed E-state index contributed by atoms with van der Waals surface area (Å²) in [4.78, 5) is 0. The second-order valence-corrected chi connectivity index (χ2v) is 3.63. The Morgan fingerprint density at radius 3 is 2.75 bits per heavy atom. The zero-order chi connectivity index (χ0) is 11.7. The van der Waals surface area contributed by atoms with Gasteiger partial charge in [-0.15, -0.1) is 0 Å². The minimum atomic E-state index is -0.424. The first kappa shape index (κ1) is 10.5. The molecule has 0 atom stereocenters. The van der Waals surface area contributed by atoms with E-state index in [2.05, 4.69) is 10.4 Å². The van der Waals surface area contributed by atoms with Crippen molar-refractivity contribution >= 4 is 17.1 Å². The van der Waals surface area contributed by atoms with Crippen LogP contribution >= 0.6 is 0 Å². The maximum atomic E-state index is 13.2. The fourth-order valence-corrected chi connectivity index (χ4v) is 1.51. The molecule has 2 rings (SSSR count). The number of hydrogen-bond donors (Lipinski definition) is 2. The molecule has 84 valence electrons. The molecule has 0 saturated carbocycles. The maximum absolute atomic E-state index is 13.2. The Morgan fingerprint density at radius 1 is 1.38 bits per heavy atom. The van der Waals surface area contributed by atoms with Crippen LogP contribution in [0.15, 0.2) is 24.4 Å². The Morgan fingerprint density at radius 2 is 2.12 bits per heavy atom. The average molecular weight is 220 g/mol. The number of anilines is 3. The number of para-hydroxylation sites is 1. The van der Waals surface area contributed by atoms with E-state index in [9.17, 15) is 4.39 Å². The molecule has 2 aromatic rings. The Balaban J connectivity index is 2.34. The third-order valence-electron chi connectivity index (χ3n) is 2.34. The molecule has 0 aliphatic carbocycles. The van der Waals surface area contributed by atoms with E-state index in [0.29, 0.717) is 5.69 Å². The molecular formula is C11H13FN4. The van der Waals surface area contributed by atoms with Gasteiger partial charge in [0.2, 0.25) is 0 Å². The van der Waals surface area contributed by atoms with Crippen LogP contribution in [0.25, 0.3) is 0 Å². The molecule has 4 nitrogen and oxygen atoms in total. The summed E-state index contributed by atoms with van der Waals surface area (Å²) < 4.78 is 14.9.